The number of fused-ring (bicyclic) bond motifs is 1. The topological polar surface area (TPSA) is 55.2 Å². The second-order valence-electron chi connectivity index (χ2n) is 3.61. The Labute approximate surface area is 100 Å². The third-order valence-corrected chi connectivity index (χ3v) is 2.26. The highest BCUT2D eigenvalue weighted by Gasteiger charge is 2.38. The first kappa shape index (κ1) is 12.6. The van der Waals surface area contributed by atoms with Crippen LogP contribution in [-0.2, 0) is 0 Å². The molecule has 2 rings (SSSR count). The number of aliphatic hydroxyl groups excluding tert-OH is 1. The maximum Gasteiger partial charge on any atom is 0.417 e. The standard InChI is InChI=1S/C11H9F3N2O2/c12-11(13,14)10(17)5-18-8-2-1-7-4-15-6-16-9(7)3-8/h1-4,6,10,17H,5H2/t10-/m1/s1. The second-order valence-corrected chi connectivity index (χ2v) is 3.61. The lowest BCUT2D eigenvalue weighted by atomic mass is 10.2. The van der Waals surface area contributed by atoms with E-state index in [2.05, 4.69) is 9.97 Å². The fraction of sp³-hybridized carbons (Fsp3) is 0.273. The number of nitrogens with zero attached hydrogens (tertiary/aromatic N) is 2. The zero-order chi connectivity index (χ0) is 13.2. The van der Waals surface area contributed by atoms with Gasteiger partial charge in [-0.05, 0) is 12.1 Å². The molecule has 2 aromatic rings. The van der Waals surface area contributed by atoms with Crippen molar-refractivity contribution in [3.8, 4) is 5.75 Å². The molecule has 18 heavy (non-hydrogen) atoms. The average Bonchev–Trinajstić information content (AvgIpc) is 2.34. The summed E-state index contributed by atoms with van der Waals surface area (Å²) in [6.45, 7) is -0.847. The van der Waals surface area contributed by atoms with E-state index in [-0.39, 0.29) is 5.75 Å². The van der Waals surface area contributed by atoms with Crippen molar-refractivity contribution in [2.45, 2.75) is 12.3 Å². The van der Waals surface area contributed by atoms with Gasteiger partial charge in [0, 0.05) is 17.6 Å². The van der Waals surface area contributed by atoms with E-state index >= 15 is 0 Å². The van der Waals surface area contributed by atoms with E-state index in [9.17, 15) is 13.2 Å². The molecule has 1 heterocycles. The Morgan fingerprint density at radius 2 is 2.11 bits per heavy atom. The Kier molecular flexibility index (Phi) is 3.33. The lowest BCUT2D eigenvalue weighted by Gasteiger charge is -2.15. The van der Waals surface area contributed by atoms with Gasteiger partial charge in [-0.1, -0.05) is 0 Å². The molecule has 0 aliphatic carbocycles. The highest BCUT2D eigenvalue weighted by molar-refractivity contribution is 5.78. The Morgan fingerprint density at radius 1 is 1.33 bits per heavy atom. The van der Waals surface area contributed by atoms with Crippen LogP contribution in [0.5, 0.6) is 5.75 Å². The summed E-state index contributed by atoms with van der Waals surface area (Å²) in [5, 5.41) is 9.54. The summed E-state index contributed by atoms with van der Waals surface area (Å²) in [5.74, 6) is 0.213. The van der Waals surface area contributed by atoms with Gasteiger partial charge in [-0.25, -0.2) is 9.97 Å². The minimum absolute atomic E-state index is 0.213. The van der Waals surface area contributed by atoms with Crippen molar-refractivity contribution in [1.82, 2.24) is 9.97 Å². The molecular formula is C11H9F3N2O2. The van der Waals surface area contributed by atoms with E-state index in [4.69, 9.17) is 9.84 Å². The summed E-state index contributed by atoms with van der Waals surface area (Å²) in [4.78, 5) is 7.75. The minimum atomic E-state index is -4.68. The molecule has 0 bridgehead atoms. The van der Waals surface area contributed by atoms with Crippen molar-refractivity contribution in [2.75, 3.05) is 6.61 Å². The highest BCUT2D eigenvalue weighted by atomic mass is 19.4. The van der Waals surface area contributed by atoms with Crippen LogP contribution in [0.15, 0.2) is 30.7 Å². The number of hydrogen-bond donors (Lipinski definition) is 1. The number of ether oxygens (including phenoxy) is 1. The number of aromatic nitrogens is 2. The van der Waals surface area contributed by atoms with Gasteiger partial charge in [0.15, 0.2) is 6.10 Å². The zero-order valence-corrected chi connectivity index (χ0v) is 9.05. The summed E-state index contributed by atoms with van der Waals surface area (Å²) < 4.78 is 41.0. The van der Waals surface area contributed by atoms with Crippen molar-refractivity contribution < 1.29 is 23.0 Å². The van der Waals surface area contributed by atoms with Crippen LogP contribution in [0, 0.1) is 0 Å². The van der Waals surface area contributed by atoms with Crippen LogP contribution in [-0.4, -0.2) is 34.0 Å². The largest absolute Gasteiger partial charge is 0.490 e. The minimum Gasteiger partial charge on any atom is -0.490 e. The van der Waals surface area contributed by atoms with Crippen molar-refractivity contribution in [3.63, 3.8) is 0 Å². The number of hydrogen-bond acceptors (Lipinski definition) is 4. The first-order valence-corrected chi connectivity index (χ1v) is 5.04. The number of benzene rings is 1. The van der Waals surface area contributed by atoms with Crippen LogP contribution in [0.3, 0.4) is 0 Å². The molecule has 0 amide bonds. The van der Waals surface area contributed by atoms with Crippen LogP contribution in [0.2, 0.25) is 0 Å². The molecule has 96 valence electrons. The molecule has 0 saturated heterocycles. The number of rotatable bonds is 3. The van der Waals surface area contributed by atoms with Crippen molar-refractivity contribution in [3.05, 3.63) is 30.7 Å². The normalized spacial score (nSPS) is 13.6. The molecule has 1 atom stereocenters. The van der Waals surface area contributed by atoms with Gasteiger partial charge in [-0.15, -0.1) is 0 Å². The molecule has 0 spiro atoms. The number of halogens is 3. The lowest BCUT2D eigenvalue weighted by Crippen LogP contribution is -2.34. The van der Waals surface area contributed by atoms with E-state index in [1.807, 2.05) is 0 Å². The van der Waals surface area contributed by atoms with E-state index in [0.717, 1.165) is 5.39 Å². The Morgan fingerprint density at radius 3 is 2.83 bits per heavy atom. The van der Waals surface area contributed by atoms with Gasteiger partial charge in [-0.3, -0.25) is 0 Å². The van der Waals surface area contributed by atoms with Crippen LogP contribution < -0.4 is 4.74 Å². The Hall–Kier alpha value is -1.89. The third-order valence-electron chi connectivity index (χ3n) is 2.26. The SMILES string of the molecule is O[C@H](COc1ccc2cncnc2c1)C(F)(F)F. The molecule has 0 aliphatic heterocycles. The fourth-order valence-corrected chi connectivity index (χ4v) is 1.31. The van der Waals surface area contributed by atoms with Crippen LogP contribution in [0.25, 0.3) is 10.9 Å². The van der Waals surface area contributed by atoms with Gasteiger partial charge < -0.3 is 9.84 Å². The third kappa shape index (κ3) is 2.86. The maximum atomic E-state index is 12.1. The molecule has 4 nitrogen and oxygen atoms in total. The highest BCUT2D eigenvalue weighted by Crippen LogP contribution is 2.22. The molecule has 1 aromatic carbocycles. The molecule has 0 fully saturated rings. The molecule has 0 radical (unpaired) electrons. The van der Waals surface area contributed by atoms with Gasteiger partial charge in [0.25, 0.3) is 0 Å². The van der Waals surface area contributed by atoms with E-state index in [0.29, 0.717) is 5.52 Å². The maximum absolute atomic E-state index is 12.1. The molecule has 1 N–H and O–H groups in total. The summed E-state index contributed by atoms with van der Waals surface area (Å²) in [7, 11) is 0. The summed E-state index contributed by atoms with van der Waals surface area (Å²) >= 11 is 0. The Bertz CT molecular complexity index is 545. The predicted octanol–water partition coefficient (Wildman–Crippen LogP) is 1.93. The molecule has 0 saturated carbocycles. The van der Waals surface area contributed by atoms with Crippen molar-refractivity contribution >= 4 is 10.9 Å². The number of aliphatic hydroxyl groups is 1. The van der Waals surface area contributed by atoms with Gasteiger partial charge in [0.05, 0.1) is 5.52 Å². The predicted molar refractivity (Wildman–Crippen MR) is 57.1 cm³/mol. The van der Waals surface area contributed by atoms with Crippen LogP contribution in [0.1, 0.15) is 0 Å². The molecule has 0 aliphatic rings. The second kappa shape index (κ2) is 4.77. The monoisotopic (exact) mass is 258 g/mol. The van der Waals surface area contributed by atoms with E-state index < -0.39 is 18.9 Å². The summed E-state index contributed by atoms with van der Waals surface area (Å²) in [6.07, 6.45) is -4.27. The van der Waals surface area contributed by atoms with Crippen LogP contribution >= 0.6 is 0 Å². The average molecular weight is 258 g/mol. The lowest BCUT2D eigenvalue weighted by molar-refractivity contribution is -0.210. The van der Waals surface area contributed by atoms with Crippen LogP contribution in [0.4, 0.5) is 13.2 Å². The molecular weight excluding hydrogens is 249 g/mol. The Balaban J connectivity index is 2.08. The summed E-state index contributed by atoms with van der Waals surface area (Å²) in [5.41, 5.74) is 0.559. The van der Waals surface area contributed by atoms with E-state index in [1.54, 1.807) is 12.3 Å². The molecule has 1 aromatic heterocycles. The fourth-order valence-electron chi connectivity index (χ4n) is 1.31. The van der Waals surface area contributed by atoms with Gasteiger partial charge >= 0.3 is 6.18 Å². The first-order chi connectivity index (χ1) is 8.47. The van der Waals surface area contributed by atoms with Crippen molar-refractivity contribution in [1.29, 1.82) is 0 Å². The molecule has 0 unspecified atom stereocenters. The van der Waals surface area contributed by atoms with Gasteiger partial charge in [0.2, 0.25) is 0 Å². The number of alkyl halides is 3. The van der Waals surface area contributed by atoms with Crippen molar-refractivity contribution in [2.24, 2.45) is 0 Å². The first-order valence-electron chi connectivity index (χ1n) is 5.04. The molecule has 7 heteroatoms. The van der Waals surface area contributed by atoms with Gasteiger partial charge in [0.1, 0.15) is 18.7 Å². The quantitative estimate of drug-likeness (QED) is 0.914. The zero-order valence-electron chi connectivity index (χ0n) is 9.05. The van der Waals surface area contributed by atoms with Gasteiger partial charge in [-0.2, -0.15) is 13.2 Å². The summed E-state index contributed by atoms with van der Waals surface area (Å²) in [6, 6.07) is 4.61. The van der Waals surface area contributed by atoms with E-state index in [1.165, 1.54) is 18.5 Å². The smallest absolute Gasteiger partial charge is 0.417 e.